The third-order valence-corrected chi connectivity index (χ3v) is 0.866. The monoisotopic (exact) mass is 317 g/mol. The van der Waals surface area contributed by atoms with Gasteiger partial charge in [0.25, 0.3) is 0 Å². The largest absolute Gasteiger partial charge is 0.245 e. The molecule has 0 aliphatic heterocycles. The summed E-state index contributed by atoms with van der Waals surface area (Å²) in [5, 5.41) is 0. The van der Waals surface area contributed by atoms with Crippen molar-refractivity contribution in [2.24, 2.45) is 5.92 Å². The summed E-state index contributed by atoms with van der Waals surface area (Å²) in [5.41, 5.74) is 0. The van der Waals surface area contributed by atoms with Crippen molar-refractivity contribution in [1.29, 1.82) is 0 Å². The number of hydrogen-bond acceptors (Lipinski definition) is 0. The van der Waals surface area contributed by atoms with Gasteiger partial charge in [0.15, 0.2) is 0 Å². The molecule has 0 unspecified atom stereocenters. The van der Waals surface area contributed by atoms with Crippen LogP contribution in [0.1, 0.15) is 26.7 Å². The van der Waals surface area contributed by atoms with Crippen LogP contribution in [-0.4, -0.2) is 0 Å². The van der Waals surface area contributed by atoms with Crippen LogP contribution in [0.2, 0.25) is 0 Å². The van der Waals surface area contributed by atoms with Gasteiger partial charge in [0.2, 0.25) is 0 Å². The molecule has 2 radical (unpaired) electrons. The molecule has 0 heterocycles. The Hall–Kier alpha value is 1.56. The van der Waals surface area contributed by atoms with Crippen LogP contribution >= 0.6 is 0 Å². The summed E-state index contributed by atoms with van der Waals surface area (Å²) in [7, 11) is 0. The first kappa shape index (κ1) is 23.4. The van der Waals surface area contributed by atoms with Gasteiger partial charge in [-0.05, 0) is 12.8 Å². The predicted octanol–water partition coefficient (Wildman–Crippen LogP) is 3.61. The molecule has 0 saturated heterocycles. The molecule has 66 valence electrons. The van der Waals surface area contributed by atoms with Gasteiger partial charge in [0.05, 0.1) is 0 Å². The molecule has 1 saturated carbocycles. The van der Waals surface area contributed by atoms with Crippen molar-refractivity contribution in [3.8, 4) is 0 Å². The first-order valence-electron chi connectivity index (χ1n) is 3.70. The smallest absolute Gasteiger partial charge is 0 e. The Bertz CT molecular complexity index is 69.9. The van der Waals surface area contributed by atoms with Gasteiger partial charge in [-0.3, -0.25) is 0 Å². The van der Waals surface area contributed by atoms with Gasteiger partial charge in [-0.15, -0.1) is 6.58 Å². The summed E-state index contributed by atoms with van der Waals surface area (Å²) >= 11 is 0. The molecule has 1 aliphatic carbocycles. The summed E-state index contributed by atoms with van der Waals surface area (Å²) in [6.45, 7) is 14.0. The molecule has 1 fully saturated rings. The average molecular weight is 317 g/mol. The first-order valence-corrected chi connectivity index (χ1v) is 3.70. The van der Waals surface area contributed by atoms with E-state index in [0.29, 0.717) is 0 Å². The Balaban J connectivity index is -0.0000000378. The molecule has 2 heteroatoms. The standard InChI is InChI=1S/C4H8.C3H6.C3H5.2Y/c1-4-2-3-4;2*1-3-2;;/h4H,2-3H2,1H3;3H,1H2,2H3;3H,1-2H2;;/q;;-1;;. The Morgan fingerprint density at radius 3 is 1.33 bits per heavy atom. The molecule has 0 spiro atoms. The molecule has 0 aromatic heterocycles. The van der Waals surface area contributed by atoms with E-state index in [2.05, 4.69) is 27.0 Å². The van der Waals surface area contributed by atoms with Crippen molar-refractivity contribution in [3.63, 3.8) is 0 Å². The van der Waals surface area contributed by atoms with Gasteiger partial charge < -0.3 is 0 Å². The third kappa shape index (κ3) is 62.0. The fourth-order valence-electron chi connectivity index (χ4n) is 0.167. The molecule has 0 amide bonds. The van der Waals surface area contributed by atoms with Crippen LogP contribution in [0.5, 0.6) is 0 Å². The summed E-state index contributed by atoms with van der Waals surface area (Å²) in [6, 6.07) is 0. The maximum Gasteiger partial charge on any atom is 0 e. The molecule has 0 atom stereocenters. The van der Waals surface area contributed by atoms with Crippen molar-refractivity contribution < 1.29 is 65.4 Å². The summed E-state index contributed by atoms with van der Waals surface area (Å²) in [4.78, 5) is 0. The second kappa shape index (κ2) is 22.9. The van der Waals surface area contributed by atoms with Crippen LogP contribution < -0.4 is 0 Å². The molecule has 12 heavy (non-hydrogen) atoms. The summed E-state index contributed by atoms with van der Waals surface area (Å²) in [6.07, 6.45) is 6.22. The van der Waals surface area contributed by atoms with Crippen molar-refractivity contribution >= 4 is 0 Å². The van der Waals surface area contributed by atoms with Gasteiger partial charge in [0, 0.05) is 65.4 Å². The minimum Gasteiger partial charge on any atom is -0.245 e. The maximum absolute atomic E-state index is 3.36. The topological polar surface area (TPSA) is 0 Å². The van der Waals surface area contributed by atoms with Gasteiger partial charge in [-0.25, -0.2) is 19.6 Å². The zero-order chi connectivity index (χ0) is 8.41. The van der Waals surface area contributed by atoms with Gasteiger partial charge >= 0.3 is 0 Å². The Labute approximate surface area is 128 Å². The van der Waals surface area contributed by atoms with E-state index in [1.165, 1.54) is 18.9 Å². The number of rotatable bonds is 0. The number of hydrogen-bond donors (Lipinski definition) is 0. The average Bonchev–Trinajstić information content (AvgIpc) is 2.55. The zero-order valence-corrected chi connectivity index (χ0v) is 14.1. The van der Waals surface area contributed by atoms with Crippen LogP contribution in [0, 0.1) is 12.8 Å². The first-order chi connectivity index (χ1) is 4.72. The second-order valence-electron chi connectivity index (χ2n) is 2.38. The third-order valence-electron chi connectivity index (χ3n) is 0.866. The quantitative estimate of drug-likeness (QED) is 0.473. The summed E-state index contributed by atoms with van der Waals surface area (Å²) in [5.74, 6) is 1.08. The predicted molar refractivity (Wildman–Crippen MR) is 49.8 cm³/mol. The van der Waals surface area contributed by atoms with E-state index in [4.69, 9.17) is 0 Å². The van der Waals surface area contributed by atoms with E-state index in [-0.39, 0.29) is 65.4 Å². The van der Waals surface area contributed by atoms with Crippen LogP contribution in [0.3, 0.4) is 0 Å². The van der Waals surface area contributed by atoms with E-state index >= 15 is 0 Å². The minimum absolute atomic E-state index is 0. The molecule has 0 N–H and O–H groups in total. The van der Waals surface area contributed by atoms with Crippen molar-refractivity contribution in [2.45, 2.75) is 26.7 Å². The zero-order valence-electron chi connectivity index (χ0n) is 8.42. The van der Waals surface area contributed by atoms with E-state index in [9.17, 15) is 0 Å². The van der Waals surface area contributed by atoms with Crippen LogP contribution in [0.15, 0.2) is 25.3 Å². The van der Waals surface area contributed by atoms with Gasteiger partial charge in [-0.2, -0.15) is 0 Å². The van der Waals surface area contributed by atoms with E-state index in [1.54, 1.807) is 6.08 Å². The molecule has 1 rings (SSSR count). The molecule has 0 aromatic rings. The van der Waals surface area contributed by atoms with Crippen molar-refractivity contribution in [3.05, 3.63) is 32.2 Å². The van der Waals surface area contributed by atoms with E-state index in [0.717, 1.165) is 5.92 Å². The minimum atomic E-state index is 0. The molecular weight excluding hydrogens is 298 g/mol. The van der Waals surface area contributed by atoms with Gasteiger partial charge in [0.1, 0.15) is 0 Å². The van der Waals surface area contributed by atoms with Crippen molar-refractivity contribution in [1.82, 2.24) is 0 Å². The van der Waals surface area contributed by atoms with Crippen LogP contribution in [0.25, 0.3) is 0 Å². The molecule has 0 bridgehead atoms. The molecule has 0 nitrogen and oxygen atoms in total. The van der Waals surface area contributed by atoms with E-state index in [1.807, 2.05) is 6.92 Å². The van der Waals surface area contributed by atoms with Crippen LogP contribution in [0.4, 0.5) is 0 Å². The molecule has 0 aromatic carbocycles. The fraction of sp³-hybridized carbons (Fsp3) is 0.500. The SMILES string of the molecule is C=CC.C=C[CH2-].CC1CC1.[Y].[Y]. The summed E-state index contributed by atoms with van der Waals surface area (Å²) < 4.78 is 0. The Morgan fingerprint density at radius 1 is 1.25 bits per heavy atom. The Kier molecular flexibility index (Phi) is 44.7. The van der Waals surface area contributed by atoms with Gasteiger partial charge in [-0.1, -0.05) is 25.8 Å². The van der Waals surface area contributed by atoms with Crippen molar-refractivity contribution in [2.75, 3.05) is 0 Å². The normalized spacial score (nSPS) is 10.8. The molecule has 1 aliphatic rings. The van der Waals surface area contributed by atoms with Crippen LogP contribution in [-0.2, 0) is 65.4 Å². The molecular formula is C10H19Y2-. The second-order valence-corrected chi connectivity index (χ2v) is 2.38. The maximum atomic E-state index is 3.36. The van der Waals surface area contributed by atoms with E-state index < -0.39 is 0 Å². The fourth-order valence-corrected chi connectivity index (χ4v) is 0.167. The number of allylic oxidation sites excluding steroid dienone is 2. The Morgan fingerprint density at radius 2 is 1.33 bits per heavy atom.